The summed E-state index contributed by atoms with van der Waals surface area (Å²) in [5.74, 6) is 0.862. The molecule has 2 heterocycles. The molecule has 3 aromatic rings. The molecule has 0 atom stereocenters. The Labute approximate surface area is 131 Å². The SMILES string of the molecule is CC.CC.O=C1Cc2ccccc2-c2nc3ccccc3n21. The molecule has 0 saturated heterocycles. The van der Waals surface area contributed by atoms with Crippen LogP contribution in [0.5, 0.6) is 0 Å². The molecule has 0 spiro atoms. The molecular weight excluding hydrogens is 272 g/mol. The lowest BCUT2D eigenvalue weighted by atomic mass is 10.0. The topological polar surface area (TPSA) is 34.9 Å². The molecule has 0 aliphatic carbocycles. The molecular formula is C19H22N2O. The number of para-hydroxylation sites is 2. The van der Waals surface area contributed by atoms with E-state index in [-0.39, 0.29) is 5.91 Å². The molecule has 0 unspecified atom stereocenters. The second-order valence-corrected chi connectivity index (χ2v) is 4.49. The van der Waals surface area contributed by atoms with Crippen LogP contribution in [0.2, 0.25) is 0 Å². The highest BCUT2D eigenvalue weighted by molar-refractivity contribution is 5.99. The molecule has 2 aromatic carbocycles. The molecule has 3 nitrogen and oxygen atoms in total. The number of rotatable bonds is 0. The van der Waals surface area contributed by atoms with Crippen LogP contribution < -0.4 is 0 Å². The van der Waals surface area contributed by atoms with Gasteiger partial charge >= 0.3 is 0 Å². The van der Waals surface area contributed by atoms with Crippen LogP contribution in [0.3, 0.4) is 0 Å². The molecule has 114 valence electrons. The van der Waals surface area contributed by atoms with Crippen LogP contribution in [0.4, 0.5) is 0 Å². The monoisotopic (exact) mass is 294 g/mol. The Kier molecular flexibility index (Phi) is 5.10. The summed E-state index contributed by atoms with van der Waals surface area (Å²) in [7, 11) is 0. The van der Waals surface area contributed by atoms with Crippen LogP contribution in [0, 0.1) is 0 Å². The van der Waals surface area contributed by atoms with E-state index in [0.717, 1.165) is 28.0 Å². The summed E-state index contributed by atoms with van der Waals surface area (Å²) < 4.78 is 1.73. The molecule has 1 aliphatic heterocycles. The number of hydrogen-bond acceptors (Lipinski definition) is 2. The minimum atomic E-state index is 0.0948. The molecule has 0 amide bonds. The third-order valence-corrected chi connectivity index (χ3v) is 3.41. The first-order chi connectivity index (χ1) is 10.8. The zero-order chi connectivity index (χ0) is 16.1. The fourth-order valence-electron chi connectivity index (χ4n) is 2.59. The summed E-state index contributed by atoms with van der Waals surface area (Å²) in [5.41, 5.74) is 3.89. The zero-order valence-corrected chi connectivity index (χ0v) is 13.6. The molecule has 22 heavy (non-hydrogen) atoms. The van der Waals surface area contributed by atoms with Gasteiger partial charge in [-0.25, -0.2) is 4.98 Å². The second kappa shape index (κ2) is 7.03. The van der Waals surface area contributed by atoms with Crippen molar-refractivity contribution in [3.63, 3.8) is 0 Å². The quantitative estimate of drug-likeness (QED) is 0.588. The van der Waals surface area contributed by atoms with Crippen LogP contribution in [-0.4, -0.2) is 15.5 Å². The van der Waals surface area contributed by atoms with Crippen LogP contribution in [0.1, 0.15) is 38.1 Å². The maximum Gasteiger partial charge on any atom is 0.237 e. The van der Waals surface area contributed by atoms with Crippen molar-refractivity contribution in [1.82, 2.24) is 9.55 Å². The first-order valence-electron chi connectivity index (χ1n) is 7.93. The van der Waals surface area contributed by atoms with Crippen molar-refractivity contribution < 1.29 is 4.79 Å². The molecule has 0 bridgehead atoms. The van der Waals surface area contributed by atoms with E-state index in [1.807, 2.05) is 76.2 Å². The summed E-state index contributed by atoms with van der Waals surface area (Å²) in [6.45, 7) is 8.00. The Balaban J connectivity index is 0.000000410. The standard InChI is InChI=1S/C15H10N2O.2C2H6/c18-14-9-10-5-1-2-6-11(10)15-16-12-7-3-4-8-13(12)17(14)15;2*1-2/h1-8H,9H2;2*1-2H3. The van der Waals surface area contributed by atoms with Gasteiger partial charge in [0.2, 0.25) is 5.91 Å². The van der Waals surface area contributed by atoms with Gasteiger partial charge in [-0.3, -0.25) is 9.36 Å². The number of hydrogen-bond donors (Lipinski definition) is 0. The van der Waals surface area contributed by atoms with Crippen molar-refractivity contribution >= 4 is 16.9 Å². The van der Waals surface area contributed by atoms with Gasteiger partial charge in [-0.2, -0.15) is 0 Å². The van der Waals surface area contributed by atoms with Gasteiger partial charge in [0.15, 0.2) is 0 Å². The number of benzene rings is 2. The number of carbonyl (C=O) groups excluding carboxylic acids is 1. The zero-order valence-electron chi connectivity index (χ0n) is 13.6. The number of aromatic nitrogens is 2. The van der Waals surface area contributed by atoms with Crippen LogP contribution in [0.15, 0.2) is 48.5 Å². The smallest absolute Gasteiger partial charge is 0.237 e. The van der Waals surface area contributed by atoms with E-state index in [1.165, 1.54) is 0 Å². The highest BCUT2D eigenvalue weighted by atomic mass is 16.2. The Bertz CT molecular complexity index is 787. The molecule has 0 fully saturated rings. The van der Waals surface area contributed by atoms with Crippen molar-refractivity contribution in [1.29, 1.82) is 0 Å². The van der Waals surface area contributed by atoms with Crippen molar-refractivity contribution in [2.75, 3.05) is 0 Å². The summed E-state index contributed by atoms with van der Waals surface area (Å²) >= 11 is 0. The normalized spacial score (nSPS) is 11.5. The Morgan fingerprint density at radius 3 is 2.32 bits per heavy atom. The summed E-state index contributed by atoms with van der Waals surface area (Å²) in [6, 6.07) is 15.7. The van der Waals surface area contributed by atoms with Crippen LogP contribution in [-0.2, 0) is 6.42 Å². The van der Waals surface area contributed by atoms with E-state index < -0.39 is 0 Å². The van der Waals surface area contributed by atoms with Crippen LogP contribution in [0.25, 0.3) is 22.4 Å². The summed E-state index contributed by atoms with van der Waals surface area (Å²) in [6.07, 6.45) is 0.448. The van der Waals surface area contributed by atoms with Gasteiger partial charge in [0.05, 0.1) is 17.5 Å². The molecule has 4 rings (SSSR count). The third-order valence-electron chi connectivity index (χ3n) is 3.41. The minimum Gasteiger partial charge on any atom is -0.274 e. The van der Waals surface area contributed by atoms with Gasteiger partial charge in [-0.15, -0.1) is 0 Å². The van der Waals surface area contributed by atoms with Gasteiger partial charge in [0.1, 0.15) is 5.82 Å². The average Bonchev–Trinajstić information content (AvgIpc) is 2.99. The second-order valence-electron chi connectivity index (χ2n) is 4.49. The number of nitrogens with zero attached hydrogens (tertiary/aromatic N) is 2. The maximum atomic E-state index is 12.2. The van der Waals surface area contributed by atoms with Gasteiger partial charge in [0, 0.05) is 5.56 Å². The molecule has 3 heteroatoms. The lowest BCUT2D eigenvalue weighted by Crippen LogP contribution is -2.20. The van der Waals surface area contributed by atoms with E-state index >= 15 is 0 Å². The highest BCUT2D eigenvalue weighted by Gasteiger charge is 2.25. The molecule has 0 N–H and O–H groups in total. The molecule has 0 radical (unpaired) electrons. The van der Waals surface area contributed by atoms with Gasteiger partial charge < -0.3 is 0 Å². The number of imidazole rings is 1. The average molecular weight is 294 g/mol. The van der Waals surface area contributed by atoms with E-state index in [2.05, 4.69) is 4.98 Å². The lowest BCUT2D eigenvalue weighted by molar-refractivity contribution is 0.0917. The fourth-order valence-corrected chi connectivity index (χ4v) is 2.59. The third kappa shape index (κ3) is 2.54. The minimum absolute atomic E-state index is 0.0948. The van der Waals surface area contributed by atoms with Crippen molar-refractivity contribution in [3.05, 3.63) is 54.1 Å². The summed E-state index contributed by atoms with van der Waals surface area (Å²) in [5, 5.41) is 0. The first-order valence-corrected chi connectivity index (χ1v) is 7.93. The molecule has 1 aromatic heterocycles. The molecule has 0 saturated carbocycles. The van der Waals surface area contributed by atoms with E-state index in [0.29, 0.717) is 6.42 Å². The van der Waals surface area contributed by atoms with Crippen molar-refractivity contribution in [2.45, 2.75) is 34.1 Å². The molecule has 1 aliphatic rings. The summed E-state index contributed by atoms with van der Waals surface area (Å²) in [4.78, 5) is 16.8. The van der Waals surface area contributed by atoms with Gasteiger partial charge in [-0.1, -0.05) is 64.1 Å². The fraction of sp³-hybridized carbons (Fsp3) is 0.263. The largest absolute Gasteiger partial charge is 0.274 e. The van der Waals surface area contributed by atoms with E-state index in [9.17, 15) is 4.79 Å². The number of fused-ring (bicyclic) bond motifs is 5. The van der Waals surface area contributed by atoms with Gasteiger partial charge in [-0.05, 0) is 17.7 Å². The van der Waals surface area contributed by atoms with Crippen LogP contribution >= 0.6 is 0 Å². The first kappa shape index (κ1) is 16.0. The lowest BCUT2D eigenvalue weighted by Gasteiger charge is -2.16. The van der Waals surface area contributed by atoms with Gasteiger partial charge in [0.25, 0.3) is 0 Å². The Morgan fingerprint density at radius 2 is 1.55 bits per heavy atom. The highest BCUT2D eigenvalue weighted by Crippen LogP contribution is 2.31. The maximum absolute atomic E-state index is 12.2. The van der Waals surface area contributed by atoms with E-state index in [4.69, 9.17) is 0 Å². The number of carbonyl (C=O) groups is 1. The van der Waals surface area contributed by atoms with Crippen molar-refractivity contribution in [2.24, 2.45) is 0 Å². The predicted octanol–water partition coefficient (Wildman–Crippen LogP) is 4.95. The Morgan fingerprint density at radius 1 is 0.909 bits per heavy atom. The van der Waals surface area contributed by atoms with E-state index in [1.54, 1.807) is 4.57 Å². The predicted molar refractivity (Wildman–Crippen MR) is 92.2 cm³/mol. The Hall–Kier alpha value is -2.42. The van der Waals surface area contributed by atoms with Crippen molar-refractivity contribution in [3.8, 4) is 11.4 Å².